The second-order valence-electron chi connectivity index (χ2n) is 14.1. The molecule has 0 aliphatic carbocycles. The number of ether oxygens (including phenoxy) is 3. The van der Waals surface area contributed by atoms with E-state index in [9.17, 15) is 24.5 Å². The monoisotopic (exact) mass is 1050 g/mol. The highest BCUT2D eigenvalue weighted by Crippen LogP contribution is 2.34. The lowest BCUT2D eigenvalue weighted by Crippen LogP contribution is -2.23. The molecule has 0 radical (unpaired) electrons. The van der Waals surface area contributed by atoms with E-state index < -0.39 is 16.7 Å². The van der Waals surface area contributed by atoms with Gasteiger partial charge in [-0.25, -0.2) is 19.7 Å². The van der Waals surface area contributed by atoms with Crippen molar-refractivity contribution in [2.75, 3.05) is 36.2 Å². The van der Waals surface area contributed by atoms with E-state index in [1.165, 1.54) is 35.1 Å². The van der Waals surface area contributed by atoms with Crippen LogP contribution >= 0.6 is 86.6 Å². The van der Waals surface area contributed by atoms with Crippen LogP contribution in [0.15, 0.2) is 113 Å². The smallest absolute Gasteiger partial charge is 0.460 e. The Morgan fingerprint density at radius 2 is 1.03 bits per heavy atom. The summed E-state index contributed by atoms with van der Waals surface area (Å²) in [4.78, 5) is 56.7. The lowest BCUT2D eigenvalue weighted by molar-refractivity contribution is -0.384. The molecule has 3 aromatic heterocycles. The molecule has 0 aliphatic heterocycles. The number of benzene rings is 1. The predicted octanol–water partition coefficient (Wildman–Crippen LogP) is 12.1. The average Bonchev–Trinajstić information content (AvgIpc) is 3.26. The fraction of sp³-hybridized carbons (Fsp3) is 0.429. The molecule has 2 N–H and O–H groups in total. The molecule has 0 aliphatic rings. The van der Waals surface area contributed by atoms with Crippen LogP contribution in [0.1, 0.15) is 67.2 Å². The van der Waals surface area contributed by atoms with Crippen LogP contribution in [-0.4, -0.2) is 95.6 Å². The summed E-state index contributed by atoms with van der Waals surface area (Å²) in [5, 5.41) is 30.5. The standard InChI is InChI=1S/C15H19NO7S2.C10H8N2S2.C10H20O3S2.C7H9NOS2/c1-15(2,3)22-13(17)5-4-10-24-25-23-14(18)21-12-8-6-11(7-9-12)16(19)20;1-3-7-11-9(5-1)13-14-10-6-2-4-8-12-10;1-10(2,3)13-9(12)5-4-7-14-15-8-6-11;9-5-6-10-11-7-3-1-2-4-8-7/h6-9H,4-5,10H2,1-3H3;1-8H;11H,4-8H2,1-3H3;1-4,9H,5-6H2. The van der Waals surface area contributed by atoms with Crippen molar-refractivity contribution in [3.8, 4) is 5.75 Å². The van der Waals surface area contributed by atoms with E-state index in [1.807, 2.05) is 75.4 Å². The van der Waals surface area contributed by atoms with Gasteiger partial charge in [-0.2, -0.15) is 0 Å². The number of hydrogen-bond acceptors (Lipinski definition) is 22. The van der Waals surface area contributed by atoms with Crippen LogP contribution in [0.25, 0.3) is 0 Å². The van der Waals surface area contributed by atoms with Gasteiger partial charge in [0.2, 0.25) is 0 Å². The Bertz CT molecular complexity index is 1830. The van der Waals surface area contributed by atoms with Gasteiger partial charge in [0.15, 0.2) is 0 Å². The summed E-state index contributed by atoms with van der Waals surface area (Å²) in [6.07, 6.45) is 6.61. The molecule has 0 amide bonds. The first-order chi connectivity index (χ1) is 31.0. The van der Waals surface area contributed by atoms with E-state index in [-0.39, 0.29) is 48.6 Å². The lowest BCUT2D eigenvalue weighted by atomic mass is 10.2. The number of aliphatic hydroxyl groups excluding tert-OH is 2. The average molecular weight is 1050 g/mol. The molecule has 358 valence electrons. The van der Waals surface area contributed by atoms with E-state index >= 15 is 0 Å². The predicted molar refractivity (Wildman–Crippen MR) is 272 cm³/mol. The van der Waals surface area contributed by atoms with E-state index in [1.54, 1.807) is 104 Å². The van der Waals surface area contributed by atoms with Crippen LogP contribution < -0.4 is 4.74 Å². The summed E-state index contributed by atoms with van der Waals surface area (Å²) in [5.74, 6) is 2.76. The maximum Gasteiger partial charge on any atom is 0.527 e. The van der Waals surface area contributed by atoms with Gasteiger partial charge in [-0.1, -0.05) is 61.4 Å². The number of aromatic nitrogens is 3. The second-order valence-corrected chi connectivity index (χ2v) is 23.5. The van der Waals surface area contributed by atoms with Gasteiger partial charge in [0.05, 0.1) is 18.1 Å². The number of carbonyl (C=O) groups is 3. The largest absolute Gasteiger partial charge is 0.527 e. The topological polar surface area (TPSA) is 210 Å². The molecule has 0 saturated carbocycles. The van der Waals surface area contributed by atoms with Crippen molar-refractivity contribution in [2.24, 2.45) is 0 Å². The van der Waals surface area contributed by atoms with Crippen LogP contribution in [0.2, 0.25) is 0 Å². The number of carbonyl (C=O) groups excluding carboxylic acids is 3. The van der Waals surface area contributed by atoms with Crippen molar-refractivity contribution in [2.45, 2.75) is 93.5 Å². The number of rotatable bonds is 22. The fourth-order valence-corrected chi connectivity index (χ4v) is 10.3. The van der Waals surface area contributed by atoms with Gasteiger partial charge in [0.1, 0.15) is 43.1 Å². The third-order valence-electron chi connectivity index (χ3n) is 6.16. The number of nitro groups is 1. The summed E-state index contributed by atoms with van der Waals surface area (Å²) in [6, 6.07) is 22.6. The Kier molecular flexibility index (Phi) is 34.2. The molecule has 0 spiro atoms. The van der Waals surface area contributed by atoms with E-state index in [4.69, 9.17) is 28.6 Å². The van der Waals surface area contributed by atoms with E-state index in [0.29, 0.717) is 18.6 Å². The fourth-order valence-electron chi connectivity index (χ4n) is 3.74. The van der Waals surface area contributed by atoms with Crippen molar-refractivity contribution in [1.82, 2.24) is 15.0 Å². The van der Waals surface area contributed by atoms with Gasteiger partial charge in [0.25, 0.3) is 5.69 Å². The number of pyridine rings is 3. The lowest BCUT2D eigenvalue weighted by Gasteiger charge is -2.19. The minimum absolute atomic E-state index is 0.101. The number of nitro benzene ring substituents is 1. The number of nitrogens with zero attached hydrogens (tertiary/aromatic N) is 4. The highest BCUT2D eigenvalue weighted by Gasteiger charge is 2.17. The van der Waals surface area contributed by atoms with Crippen LogP contribution in [-0.2, 0) is 23.2 Å². The normalized spacial score (nSPS) is 10.6. The van der Waals surface area contributed by atoms with Crippen LogP contribution in [0.5, 0.6) is 5.75 Å². The minimum atomic E-state index is -0.932. The number of non-ortho nitro benzene ring substituents is 1. The Labute approximate surface area is 413 Å². The highest BCUT2D eigenvalue weighted by molar-refractivity contribution is 8.77. The van der Waals surface area contributed by atoms with Crippen molar-refractivity contribution in [1.29, 1.82) is 0 Å². The van der Waals surface area contributed by atoms with Gasteiger partial charge < -0.3 is 28.6 Å². The highest BCUT2D eigenvalue weighted by atomic mass is 33.1. The maximum absolute atomic E-state index is 11.5. The third kappa shape index (κ3) is 36.8. The molecule has 0 atom stereocenters. The zero-order chi connectivity index (χ0) is 48.2. The molecular weight excluding hydrogens is 993 g/mol. The van der Waals surface area contributed by atoms with Gasteiger partial charge in [-0.15, -0.1) is 0 Å². The molecule has 23 heteroatoms. The molecule has 4 rings (SSSR count). The Balaban J connectivity index is 0.000000456. The van der Waals surface area contributed by atoms with Crippen molar-refractivity contribution in [3.05, 3.63) is 108 Å². The minimum Gasteiger partial charge on any atom is -0.460 e. The quantitative estimate of drug-likeness (QED) is 0.0142. The van der Waals surface area contributed by atoms with Crippen molar-refractivity contribution < 1.29 is 47.9 Å². The maximum atomic E-state index is 11.5. The molecule has 0 bridgehead atoms. The van der Waals surface area contributed by atoms with Crippen molar-refractivity contribution >= 4 is 110 Å². The first-order valence-electron chi connectivity index (χ1n) is 19.7. The summed E-state index contributed by atoms with van der Waals surface area (Å²) in [5.41, 5.74) is -0.977. The van der Waals surface area contributed by atoms with E-state index in [0.717, 1.165) is 49.8 Å². The summed E-state index contributed by atoms with van der Waals surface area (Å²) in [7, 11) is 11.0. The third-order valence-corrected chi connectivity index (χ3v) is 14.8. The SMILES string of the molecule is CC(C)(C)OC(=O)CCCSSCCO.CC(C)(C)OC(=O)CCCSSOC(=O)Oc1ccc([N+](=O)[O-])cc1.OCCSSc1ccccn1.c1ccc(SSc2ccccn2)nc1. The van der Waals surface area contributed by atoms with Crippen LogP contribution in [0.4, 0.5) is 10.5 Å². The summed E-state index contributed by atoms with van der Waals surface area (Å²) < 4.78 is 20.0. The molecule has 65 heavy (non-hydrogen) atoms. The molecule has 4 aromatic rings. The molecule has 0 fully saturated rings. The second kappa shape index (κ2) is 37.0. The summed E-state index contributed by atoms with van der Waals surface area (Å²) >= 11 is 0.835. The molecule has 1 aromatic carbocycles. The van der Waals surface area contributed by atoms with Gasteiger partial charge in [-0.05, 0) is 135 Å². The Hall–Kier alpha value is -3.00. The zero-order valence-electron chi connectivity index (χ0n) is 36.9. The van der Waals surface area contributed by atoms with Crippen LogP contribution in [0, 0.1) is 10.1 Å². The Morgan fingerprint density at radius 1 is 0.600 bits per heavy atom. The Morgan fingerprint density at radius 3 is 1.45 bits per heavy atom. The first-order valence-corrected chi connectivity index (χ1v) is 28.9. The van der Waals surface area contributed by atoms with Crippen LogP contribution in [0.3, 0.4) is 0 Å². The van der Waals surface area contributed by atoms with Crippen molar-refractivity contribution in [3.63, 3.8) is 0 Å². The zero-order valence-corrected chi connectivity index (χ0v) is 43.5. The molecule has 0 unspecified atom stereocenters. The van der Waals surface area contributed by atoms with Gasteiger partial charge in [-0.3, -0.25) is 19.7 Å². The molecule has 3 heterocycles. The first kappa shape index (κ1) is 60.0. The number of aliphatic hydroxyl groups is 2. The summed E-state index contributed by atoms with van der Waals surface area (Å²) in [6.45, 7) is 11.5. The van der Waals surface area contributed by atoms with Gasteiger partial charge >= 0.3 is 18.1 Å². The molecular formula is C42H56N4O11S8. The van der Waals surface area contributed by atoms with E-state index in [2.05, 4.69) is 15.0 Å². The molecule has 15 nitrogen and oxygen atoms in total. The number of hydrogen-bond donors (Lipinski definition) is 2. The number of esters is 2. The van der Waals surface area contributed by atoms with Gasteiger partial charge in [0, 0.05) is 66.6 Å². The molecule has 0 saturated heterocycles.